The third kappa shape index (κ3) is 8.32. The molecule has 0 aromatic heterocycles. The van der Waals surface area contributed by atoms with Gasteiger partial charge in [-0.15, -0.1) is 0 Å². The van der Waals surface area contributed by atoms with Gasteiger partial charge in [0.2, 0.25) is 10.0 Å². The first-order chi connectivity index (χ1) is 15.2. The molecule has 0 aliphatic rings. The lowest BCUT2D eigenvalue weighted by Crippen LogP contribution is -2.31. The molecule has 170 valence electrons. The highest BCUT2D eigenvalue weighted by atomic mass is 32.2. The van der Waals surface area contributed by atoms with Gasteiger partial charge in [0.05, 0.1) is 17.9 Å². The van der Waals surface area contributed by atoms with Crippen LogP contribution in [0.2, 0.25) is 0 Å². The highest BCUT2D eigenvalue weighted by molar-refractivity contribution is 7.92. The fraction of sp³-hybridized carbons (Fsp3) is 0.227. The number of aryl methyl sites for hydroxylation is 1. The largest absolute Gasteiger partial charge is 0.462 e. The lowest BCUT2D eigenvalue weighted by atomic mass is 10.2. The van der Waals surface area contributed by atoms with Gasteiger partial charge in [0.1, 0.15) is 6.54 Å². The molecule has 1 amide bonds. The first-order valence-corrected chi connectivity index (χ1v) is 11.2. The fourth-order valence-corrected chi connectivity index (χ4v) is 3.17. The summed E-state index contributed by atoms with van der Waals surface area (Å²) in [6.45, 7) is 2.45. The Labute approximate surface area is 186 Å². The summed E-state index contributed by atoms with van der Waals surface area (Å²) in [4.78, 5) is 35.8. The molecule has 0 unspecified atom stereocenters. The summed E-state index contributed by atoms with van der Waals surface area (Å²) < 4.78 is 35.7. The van der Waals surface area contributed by atoms with Crippen molar-refractivity contribution in [3.05, 3.63) is 70.6 Å². The molecule has 0 saturated carbocycles. The van der Waals surface area contributed by atoms with Gasteiger partial charge in [0.15, 0.2) is 6.61 Å². The van der Waals surface area contributed by atoms with Crippen molar-refractivity contribution in [2.24, 2.45) is 0 Å². The number of hydrogen-bond acceptors (Lipinski definition) is 7. The van der Waals surface area contributed by atoms with E-state index >= 15 is 0 Å². The predicted molar refractivity (Wildman–Crippen MR) is 119 cm³/mol. The van der Waals surface area contributed by atoms with Crippen molar-refractivity contribution in [3.8, 4) is 0 Å². The molecular weight excluding hydrogens is 436 g/mol. The topological polar surface area (TPSA) is 128 Å². The molecule has 0 radical (unpaired) electrons. The van der Waals surface area contributed by atoms with E-state index in [4.69, 9.17) is 9.47 Å². The smallest absolute Gasteiger partial charge is 0.340 e. The number of nitrogens with one attached hydrogen (secondary N) is 2. The van der Waals surface area contributed by atoms with Crippen molar-refractivity contribution < 1.29 is 32.3 Å². The molecule has 2 rings (SSSR count). The standard InChI is InChI=1S/C22H24N2O7S/c1-3-30-22(27)18-6-4-5-7-19(18)24-20(25)15-31-21(26)14-23-32(28,29)13-12-17-10-8-16(2)9-11-17/h4-13,23H,3,14-15H2,1-2H3,(H,24,25)/b13-12+. The average molecular weight is 461 g/mol. The van der Waals surface area contributed by atoms with Crippen molar-refractivity contribution in [1.82, 2.24) is 4.72 Å². The van der Waals surface area contributed by atoms with Crippen molar-refractivity contribution in [2.75, 3.05) is 25.1 Å². The Morgan fingerprint density at radius 1 is 1.00 bits per heavy atom. The van der Waals surface area contributed by atoms with Gasteiger partial charge in [-0.1, -0.05) is 42.0 Å². The molecule has 32 heavy (non-hydrogen) atoms. The van der Waals surface area contributed by atoms with Crippen LogP contribution < -0.4 is 10.0 Å². The number of hydrogen-bond donors (Lipinski definition) is 2. The number of rotatable bonds is 10. The first-order valence-electron chi connectivity index (χ1n) is 9.66. The Morgan fingerprint density at radius 3 is 2.38 bits per heavy atom. The Morgan fingerprint density at radius 2 is 1.69 bits per heavy atom. The summed E-state index contributed by atoms with van der Waals surface area (Å²) in [6.07, 6.45) is 1.39. The number of carbonyl (C=O) groups is 3. The zero-order valence-corrected chi connectivity index (χ0v) is 18.5. The average Bonchev–Trinajstić information content (AvgIpc) is 2.76. The third-order valence-electron chi connectivity index (χ3n) is 4.00. The monoisotopic (exact) mass is 460 g/mol. The molecule has 0 atom stereocenters. The first kappa shape index (κ1) is 24.8. The van der Waals surface area contributed by atoms with E-state index in [-0.39, 0.29) is 17.9 Å². The van der Waals surface area contributed by atoms with Gasteiger partial charge in [-0.05, 0) is 37.6 Å². The summed E-state index contributed by atoms with van der Waals surface area (Å²) >= 11 is 0. The normalized spacial score (nSPS) is 11.2. The number of carbonyl (C=O) groups excluding carboxylic acids is 3. The van der Waals surface area contributed by atoms with E-state index in [2.05, 4.69) is 10.0 Å². The van der Waals surface area contributed by atoms with Crippen LogP contribution in [0.5, 0.6) is 0 Å². The Bertz CT molecular complexity index is 1090. The maximum Gasteiger partial charge on any atom is 0.340 e. The molecule has 0 heterocycles. The van der Waals surface area contributed by atoms with Gasteiger partial charge in [0, 0.05) is 5.41 Å². The van der Waals surface area contributed by atoms with Crippen LogP contribution in [-0.2, 0) is 29.1 Å². The number of ether oxygens (including phenoxy) is 2. The van der Waals surface area contributed by atoms with E-state index < -0.39 is 41.0 Å². The molecule has 2 aromatic rings. The van der Waals surface area contributed by atoms with E-state index in [9.17, 15) is 22.8 Å². The number of anilines is 1. The van der Waals surface area contributed by atoms with Gasteiger partial charge in [-0.3, -0.25) is 9.59 Å². The summed E-state index contributed by atoms with van der Waals surface area (Å²) in [5.74, 6) is -2.24. The van der Waals surface area contributed by atoms with Crippen LogP contribution in [0.4, 0.5) is 5.69 Å². The summed E-state index contributed by atoms with van der Waals surface area (Å²) in [6, 6.07) is 13.4. The number of amides is 1. The highest BCUT2D eigenvalue weighted by Gasteiger charge is 2.16. The molecule has 0 aliphatic carbocycles. The van der Waals surface area contributed by atoms with Crippen LogP contribution in [0.25, 0.3) is 6.08 Å². The Kier molecular flexibility index (Phi) is 9.11. The van der Waals surface area contributed by atoms with E-state index in [0.29, 0.717) is 5.56 Å². The summed E-state index contributed by atoms with van der Waals surface area (Å²) in [7, 11) is -3.88. The van der Waals surface area contributed by atoms with Gasteiger partial charge in [0.25, 0.3) is 5.91 Å². The molecule has 0 fully saturated rings. The second-order valence-corrected chi connectivity index (χ2v) is 8.21. The predicted octanol–water partition coefficient (Wildman–Crippen LogP) is 2.24. The molecule has 0 aliphatic heterocycles. The molecule has 10 heteroatoms. The molecule has 2 N–H and O–H groups in total. The van der Waals surface area contributed by atoms with Crippen molar-refractivity contribution in [3.63, 3.8) is 0 Å². The number of sulfonamides is 1. The fourth-order valence-electron chi connectivity index (χ4n) is 2.42. The minimum Gasteiger partial charge on any atom is -0.462 e. The van der Waals surface area contributed by atoms with E-state index in [1.807, 2.05) is 19.1 Å². The van der Waals surface area contributed by atoms with Crippen LogP contribution in [0, 0.1) is 6.92 Å². The highest BCUT2D eigenvalue weighted by Crippen LogP contribution is 2.16. The molecular formula is C22H24N2O7S. The molecule has 2 aromatic carbocycles. The van der Waals surface area contributed by atoms with Crippen LogP contribution in [-0.4, -0.2) is 46.0 Å². The minimum absolute atomic E-state index is 0.155. The maximum absolute atomic E-state index is 12.0. The zero-order chi connectivity index (χ0) is 23.6. The number of esters is 2. The van der Waals surface area contributed by atoms with Crippen molar-refractivity contribution in [1.29, 1.82) is 0 Å². The molecule has 0 saturated heterocycles. The van der Waals surface area contributed by atoms with Crippen molar-refractivity contribution >= 4 is 39.6 Å². The molecule has 0 spiro atoms. The van der Waals surface area contributed by atoms with Crippen LogP contribution in [0.1, 0.15) is 28.4 Å². The van der Waals surface area contributed by atoms with Crippen LogP contribution >= 0.6 is 0 Å². The zero-order valence-electron chi connectivity index (χ0n) is 17.7. The van der Waals surface area contributed by atoms with Crippen LogP contribution in [0.3, 0.4) is 0 Å². The Balaban J connectivity index is 1.82. The van der Waals surface area contributed by atoms with Gasteiger partial charge in [-0.2, -0.15) is 0 Å². The van der Waals surface area contributed by atoms with Gasteiger partial charge >= 0.3 is 11.9 Å². The van der Waals surface area contributed by atoms with Gasteiger partial charge in [-0.25, -0.2) is 17.9 Å². The number of benzene rings is 2. The summed E-state index contributed by atoms with van der Waals surface area (Å²) in [5, 5.41) is 3.39. The summed E-state index contributed by atoms with van der Waals surface area (Å²) in [5.41, 5.74) is 2.08. The SMILES string of the molecule is CCOC(=O)c1ccccc1NC(=O)COC(=O)CNS(=O)(=O)/C=C/c1ccc(C)cc1. The van der Waals surface area contributed by atoms with E-state index in [1.54, 1.807) is 31.2 Å². The van der Waals surface area contributed by atoms with Crippen LogP contribution in [0.15, 0.2) is 53.9 Å². The maximum atomic E-state index is 12.0. The number of para-hydroxylation sites is 1. The third-order valence-corrected chi connectivity index (χ3v) is 5.04. The Hall–Kier alpha value is -3.50. The molecule has 9 nitrogen and oxygen atoms in total. The lowest BCUT2D eigenvalue weighted by Gasteiger charge is -2.10. The van der Waals surface area contributed by atoms with E-state index in [0.717, 1.165) is 11.0 Å². The molecule has 0 bridgehead atoms. The van der Waals surface area contributed by atoms with Gasteiger partial charge < -0.3 is 14.8 Å². The lowest BCUT2D eigenvalue weighted by molar-refractivity contribution is -0.146. The quantitative estimate of drug-likeness (QED) is 0.521. The van der Waals surface area contributed by atoms with E-state index in [1.165, 1.54) is 18.2 Å². The van der Waals surface area contributed by atoms with Crippen molar-refractivity contribution in [2.45, 2.75) is 13.8 Å². The second-order valence-electron chi connectivity index (χ2n) is 6.55. The second kappa shape index (κ2) is 11.8. The minimum atomic E-state index is -3.88.